The fourth-order valence-electron chi connectivity index (χ4n) is 2.82. The van der Waals surface area contributed by atoms with Crippen molar-refractivity contribution < 1.29 is 9.59 Å². The number of rotatable bonds is 6. The number of hydrogen-bond donors (Lipinski definition) is 3. The van der Waals surface area contributed by atoms with Crippen LogP contribution in [0.2, 0.25) is 0 Å². The summed E-state index contributed by atoms with van der Waals surface area (Å²) in [6.45, 7) is -0.197. The van der Waals surface area contributed by atoms with E-state index in [1.807, 2.05) is 41.8 Å². The molecule has 8 nitrogen and oxygen atoms in total. The Kier molecular flexibility index (Phi) is 5.95. The molecule has 0 fully saturated rings. The molecule has 0 aliphatic heterocycles. The van der Waals surface area contributed by atoms with Gasteiger partial charge in [0.05, 0.1) is 24.1 Å². The largest absolute Gasteiger partial charge is 0.397 e. The van der Waals surface area contributed by atoms with E-state index in [2.05, 4.69) is 25.6 Å². The van der Waals surface area contributed by atoms with Crippen LogP contribution in [0.5, 0.6) is 0 Å². The number of anilines is 2. The highest BCUT2D eigenvalue weighted by atomic mass is 32.1. The monoisotopic (exact) mass is 430 g/mol. The summed E-state index contributed by atoms with van der Waals surface area (Å²) >= 11 is 1.31. The zero-order valence-electron chi connectivity index (χ0n) is 16.3. The molecule has 9 heteroatoms. The van der Waals surface area contributed by atoms with Gasteiger partial charge in [-0.05, 0) is 41.5 Å². The average Bonchev–Trinajstić information content (AvgIpc) is 3.27. The number of carbonyl (C=O) groups is 2. The Balaban J connectivity index is 1.37. The molecule has 0 unspecified atom stereocenters. The normalized spacial score (nSPS) is 10.5. The molecule has 0 aliphatic carbocycles. The van der Waals surface area contributed by atoms with Crippen LogP contribution in [0.1, 0.15) is 10.5 Å². The Morgan fingerprint density at radius 2 is 1.81 bits per heavy atom. The Labute approximate surface area is 182 Å². The molecular weight excluding hydrogens is 412 g/mol. The number of hydrogen-bond acceptors (Lipinski definition) is 7. The summed E-state index contributed by atoms with van der Waals surface area (Å²) in [4.78, 5) is 36.7. The van der Waals surface area contributed by atoms with Crippen LogP contribution in [0.3, 0.4) is 0 Å². The van der Waals surface area contributed by atoms with Gasteiger partial charge in [-0.1, -0.05) is 18.2 Å². The van der Waals surface area contributed by atoms with E-state index in [-0.39, 0.29) is 18.1 Å². The fraction of sp³-hybridized carbons (Fsp3) is 0.0455. The van der Waals surface area contributed by atoms with E-state index < -0.39 is 5.91 Å². The highest BCUT2D eigenvalue weighted by molar-refractivity contribution is 7.14. The van der Waals surface area contributed by atoms with Crippen LogP contribution in [-0.4, -0.2) is 33.3 Å². The summed E-state index contributed by atoms with van der Waals surface area (Å²) in [7, 11) is 0. The summed E-state index contributed by atoms with van der Waals surface area (Å²) in [5.41, 5.74) is 10.0. The van der Waals surface area contributed by atoms with Gasteiger partial charge in [0.15, 0.2) is 5.13 Å². The van der Waals surface area contributed by atoms with Crippen LogP contribution >= 0.6 is 11.3 Å². The molecule has 154 valence electrons. The zero-order chi connectivity index (χ0) is 21.6. The van der Waals surface area contributed by atoms with Gasteiger partial charge in [0, 0.05) is 23.3 Å². The van der Waals surface area contributed by atoms with Crippen LogP contribution < -0.4 is 16.4 Å². The first-order chi connectivity index (χ1) is 15.1. The molecule has 0 atom stereocenters. The van der Waals surface area contributed by atoms with Gasteiger partial charge in [-0.15, -0.1) is 11.3 Å². The number of nitrogens with zero attached hydrogens (tertiary/aromatic N) is 3. The lowest BCUT2D eigenvalue weighted by atomic mass is 10.0. The molecule has 0 saturated carbocycles. The van der Waals surface area contributed by atoms with Gasteiger partial charge in [0.1, 0.15) is 5.69 Å². The van der Waals surface area contributed by atoms with Gasteiger partial charge in [-0.25, -0.2) is 9.97 Å². The molecule has 31 heavy (non-hydrogen) atoms. The minimum absolute atomic E-state index is 0.188. The number of thiazole rings is 1. The van der Waals surface area contributed by atoms with Crippen LogP contribution in [0.25, 0.3) is 22.4 Å². The molecule has 0 saturated heterocycles. The molecular formula is C22H18N6O2S. The number of nitrogens with two attached hydrogens (primary N) is 1. The third-order valence-electron chi connectivity index (χ3n) is 4.35. The summed E-state index contributed by atoms with van der Waals surface area (Å²) < 4.78 is 0. The van der Waals surface area contributed by atoms with E-state index in [0.717, 1.165) is 22.4 Å². The van der Waals surface area contributed by atoms with Crippen molar-refractivity contribution in [3.8, 4) is 22.4 Å². The first kappa shape index (κ1) is 20.2. The molecule has 4 N–H and O–H groups in total. The molecule has 2 amide bonds. The van der Waals surface area contributed by atoms with Gasteiger partial charge in [-0.3, -0.25) is 14.6 Å². The Bertz CT molecular complexity index is 1210. The smallest absolute Gasteiger partial charge is 0.270 e. The van der Waals surface area contributed by atoms with E-state index in [9.17, 15) is 9.59 Å². The molecule has 0 radical (unpaired) electrons. The Morgan fingerprint density at radius 3 is 2.58 bits per heavy atom. The van der Waals surface area contributed by atoms with Crippen LogP contribution in [0.15, 0.2) is 72.5 Å². The topological polar surface area (TPSA) is 123 Å². The SMILES string of the molecule is Nc1ccc(C(=O)NCC(=O)Nc2nc(-c3cccc(-c4ccncc4)c3)cs2)nc1. The maximum Gasteiger partial charge on any atom is 0.270 e. The van der Waals surface area contributed by atoms with E-state index in [4.69, 9.17) is 5.73 Å². The summed E-state index contributed by atoms with van der Waals surface area (Å²) in [6.07, 6.45) is 4.89. The minimum Gasteiger partial charge on any atom is -0.397 e. The van der Waals surface area contributed by atoms with Gasteiger partial charge >= 0.3 is 0 Å². The summed E-state index contributed by atoms with van der Waals surface area (Å²) in [6, 6.07) is 14.9. The van der Waals surface area contributed by atoms with E-state index >= 15 is 0 Å². The molecule has 0 spiro atoms. The maximum atomic E-state index is 12.2. The number of pyridine rings is 2. The van der Waals surface area contributed by atoms with Gasteiger partial charge in [0.2, 0.25) is 5.91 Å². The van der Waals surface area contributed by atoms with Gasteiger partial charge in [0.25, 0.3) is 5.91 Å². The summed E-state index contributed by atoms with van der Waals surface area (Å²) in [5.74, 6) is -0.835. The van der Waals surface area contributed by atoms with Crippen LogP contribution in [-0.2, 0) is 4.79 Å². The summed E-state index contributed by atoms with van der Waals surface area (Å²) in [5, 5.41) is 7.55. The van der Waals surface area contributed by atoms with Gasteiger partial charge in [-0.2, -0.15) is 0 Å². The van der Waals surface area contributed by atoms with Crippen LogP contribution in [0.4, 0.5) is 10.8 Å². The van der Waals surface area contributed by atoms with Crippen molar-refractivity contribution in [2.24, 2.45) is 0 Å². The third kappa shape index (κ3) is 5.09. The quantitative estimate of drug-likeness (QED) is 0.432. The number of aromatic nitrogens is 3. The molecule has 4 aromatic rings. The highest BCUT2D eigenvalue weighted by Crippen LogP contribution is 2.28. The minimum atomic E-state index is -0.456. The molecule has 0 bridgehead atoms. The van der Waals surface area contributed by atoms with Crippen molar-refractivity contribution in [2.45, 2.75) is 0 Å². The van der Waals surface area contributed by atoms with Crippen molar-refractivity contribution in [2.75, 3.05) is 17.6 Å². The number of nitrogen functional groups attached to an aromatic ring is 1. The lowest BCUT2D eigenvalue weighted by Gasteiger charge is -2.05. The van der Waals surface area contributed by atoms with Gasteiger partial charge < -0.3 is 16.4 Å². The second-order valence-electron chi connectivity index (χ2n) is 6.56. The molecule has 1 aromatic carbocycles. The molecule has 0 aliphatic rings. The molecule has 3 heterocycles. The lowest BCUT2D eigenvalue weighted by Crippen LogP contribution is -2.33. The molecule has 3 aromatic heterocycles. The Morgan fingerprint density at radius 1 is 1.00 bits per heavy atom. The van der Waals surface area contributed by atoms with Crippen molar-refractivity contribution in [1.29, 1.82) is 0 Å². The standard InChI is InChI=1S/C22H18N6O2S/c23-17-4-5-18(25-11-17)21(30)26-12-20(29)28-22-27-19(13-31-22)16-3-1-2-15(10-16)14-6-8-24-9-7-14/h1-11,13H,12,23H2,(H,26,30)(H,27,28,29). The number of benzene rings is 1. The lowest BCUT2D eigenvalue weighted by molar-refractivity contribution is -0.115. The second-order valence-corrected chi connectivity index (χ2v) is 7.42. The van der Waals surface area contributed by atoms with E-state index in [1.165, 1.54) is 23.6 Å². The number of nitrogens with one attached hydrogen (secondary N) is 2. The van der Waals surface area contributed by atoms with Crippen molar-refractivity contribution in [3.63, 3.8) is 0 Å². The highest BCUT2D eigenvalue weighted by Gasteiger charge is 2.12. The van der Waals surface area contributed by atoms with E-state index in [0.29, 0.717) is 10.8 Å². The van der Waals surface area contributed by atoms with E-state index in [1.54, 1.807) is 18.5 Å². The van der Waals surface area contributed by atoms with Crippen LogP contribution in [0, 0.1) is 0 Å². The van der Waals surface area contributed by atoms with Crippen molar-refractivity contribution in [1.82, 2.24) is 20.3 Å². The van der Waals surface area contributed by atoms with Crippen molar-refractivity contribution in [3.05, 3.63) is 78.2 Å². The fourth-order valence-corrected chi connectivity index (χ4v) is 3.56. The average molecular weight is 430 g/mol. The third-order valence-corrected chi connectivity index (χ3v) is 5.11. The molecule has 4 rings (SSSR count). The zero-order valence-corrected chi connectivity index (χ0v) is 17.1. The first-order valence-electron chi connectivity index (χ1n) is 9.34. The second kappa shape index (κ2) is 9.14. The van der Waals surface area contributed by atoms with Crippen molar-refractivity contribution >= 4 is 34.0 Å². The number of amides is 2. The predicted octanol–water partition coefficient (Wildman–Crippen LogP) is 3.22. The Hall–Kier alpha value is -4.11. The first-order valence-corrected chi connectivity index (χ1v) is 10.2. The maximum absolute atomic E-state index is 12.2. The number of carbonyl (C=O) groups excluding carboxylic acids is 2. The predicted molar refractivity (Wildman–Crippen MR) is 120 cm³/mol.